The van der Waals surface area contributed by atoms with Gasteiger partial charge in [-0.25, -0.2) is 15.0 Å². The van der Waals surface area contributed by atoms with E-state index in [1.54, 1.807) is 0 Å². The van der Waals surface area contributed by atoms with Gasteiger partial charge in [-0.05, 0) is 53.6 Å². The molecule has 11 aromatic rings. The number of benzene rings is 8. The Labute approximate surface area is 332 Å². The minimum Gasteiger partial charge on any atom is -0.454 e. The molecule has 0 atom stereocenters. The van der Waals surface area contributed by atoms with Gasteiger partial charge in [0.05, 0.1) is 16.1 Å². The maximum Gasteiger partial charge on any atom is 0.164 e. The van der Waals surface area contributed by atoms with Crippen LogP contribution in [0.2, 0.25) is 0 Å². The van der Waals surface area contributed by atoms with Crippen molar-refractivity contribution < 1.29 is 4.42 Å². The third kappa shape index (κ3) is 5.82. The van der Waals surface area contributed by atoms with Crippen LogP contribution in [0.15, 0.2) is 199 Å². The van der Waals surface area contributed by atoms with Gasteiger partial charge in [0.2, 0.25) is 0 Å². The zero-order valence-electron chi connectivity index (χ0n) is 30.6. The highest BCUT2D eigenvalue weighted by Gasteiger charge is 2.23. The molecule has 0 unspecified atom stereocenters. The molecule has 5 nitrogen and oxygen atoms in total. The quantitative estimate of drug-likeness (QED) is 0.162. The summed E-state index contributed by atoms with van der Waals surface area (Å²) in [5.41, 5.74) is 9.72. The summed E-state index contributed by atoms with van der Waals surface area (Å²) in [6.07, 6.45) is 0. The smallest absolute Gasteiger partial charge is 0.164 e. The van der Waals surface area contributed by atoms with E-state index in [1.807, 2.05) is 72.0 Å². The molecule has 11 rings (SSSR count). The Morgan fingerprint density at radius 2 is 0.912 bits per heavy atom. The van der Waals surface area contributed by atoms with Crippen LogP contribution in [0.5, 0.6) is 0 Å². The molecule has 0 aliphatic carbocycles. The molecule has 8 aromatic carbocycles. The Balaban J connectivity index is 1.09. The first kappa shape index (κ1) is 33.0. The van der Waals surface area contributed by atoms with Crippen LogP contribution in [0.1, 0.15) is 0 Å². The third-order valence-electron chi connectivity index (χ3n) is 10.5. The largest absolute Gasteiger partial charge is 0.454 e. The van der Waals surface area contributed by atoms with Gasteiger partial charge in [0, 0.05) is 48.6 Å². The van der Waals surface area contributed by atoms with Gasteiger partial charge in [-0.2, -0.15) is 0 Å². The number of hydrogen-bond acceptors (Lipinski definition) is 6. The van der Waals surface area contributed by atoms with E-state index in [4.69, 9.17) is 19.4 Å². The van der Waals surface area contributed by atoms with Crippen molar-refractivity contribution in [2.45, 2.75) is 0 Å². The number of aromatic nitrogens is 3. The predicted octanol–water partition coefficient (Wildman–Crippen LogP) is 14.3. The Kier molecular flexibility index (Phi) is 7.93. The molecule has 0 radical (unpaired) electrons. The molecule has 0 spiro atoms. The third-order valence-corrected chi connectivity index (χ3v) is 11.7. The number of thiophene rings is 1. The summed E-state index contributed by atoms with van der Waals surface area (Å²) in [5, 5.41) is 4.56. The maximum atomic E-state index is 6.95. The van der Waals surface area contributed by atoms with Crippen molar-refractivity contribution in [1.82, 2.24) is 15.0 Å². The van der Waals surface area contributed by atoms with Crippen LogP contribution in [-0.4, -0.2) is 15.0 Å². The van der Waals surface area contributed by atoms with Gasteiger partial charge in [0.15, 0.2) is 23.1 Å². The van der Waals surface area contributed by atoms with Gasteiger partial charge in [-0.3, -0.25) is 0 Å². The molecule has 3 aromatic heterocycles. The highest BCUT2D eigenvalue weighted by molar-refractivity contribution is 7.26. The van der Waals surface area contributed by atoms with Gasteiger partial charge in [-0.15, -0.1) is 11.3 Å². The van der Waals surface area contributed by atoms with E-state index >= 15 is 0 Å². The molecule has 0 aliphatic rings. The second-order valence-electron chi connectivity index (χ2n) is 14.0. The molecule has 0 saturated carbocycles. The average molecular weight is 749 g/mol. The summed E-state index contributed by atoms with van der Waals surface area (Å²) in [7, 11) is 0. The maximum absolute atomic E-state index is 6.95. The van der Waals surface area contributed by atoms with E-state index in [0.29, 0.717) is 17.5 Å². The molecular formula is C51H32N4OS. The lowest BCUT2D eigenvalue weighted by molar-refractivity contribution is 0.669. The molecule has 0 aliphatic heterocycles. The summed E-state index contributed by atoms with van der Waals surface area (Å²) in [6, 6.07) is 67.4. The number of hydrogen-bond donors (Lipinski definition) is 0. The van der Waals surface area contributed by atoms with E-state index in [9.17, 15) is 0 Å². The second-order valence-corrected chi connectivity index (χ2v) is 15.1. The highest BCUT2D eigenvalue weighted by Crippen LogP contribution is 2.48. The Morgan fingerprint density at radius 3 is 1.60 bits per heavy atom. The first-order chi connectivity index (χ1) is 28.2. The van der Waals surface area contributed by atoms with Gasteiger partial charge in [-0.1, -0.05) is 152 Å². The molecule has 6 heteroatoms. The average Bonchev–Trinajstić information content (AvgIpc) is 3.87. The molecule has 0 N–H and O–H groups in total. The minimum atomic E-state index is 0.585. The van der Waals surface area contributed by atoms with Crippen molar-refractivity contribution in [2.75, 3.05) is 4.90 Å². The van der Waals surface area contributed by atoms with Gasteiger partial charge >= 0.3 is 0 Å². The van der Waals surface area contributed by atoms with Crippen molar-refractivity contribution in [3.8, 4) is 45.3 Å². The van der Waals surface area contributed by atoms with Crippen molar-refractivity contribution in [3.05, 3.63) is 194 Å². The molecule has 268 valence electrons. The fourth-order valence-electron chi connectivity index (χ4n) is 7.79. The summed E-state index contributed by atoms with van der Waals surface area (Å²) in [6.45, 7) is 0. The van der Waals surface area contributed by atoms with Crippen molar-refractivity contribution in [2.24, 2.45) is 0 Å². The van der Waals surface area contributed by atoms with Crippen LogP contribution in [0, 0.1) is 0 Å². The highest BCUT2D eigenvalue weighted by atomic mass is 32.1. The van der Waals surface area contributed by atoms with Crippen LogP contribution in [0.3, 0.4) is 0 Å². The molecule has 3 heterocycles. The van der Waals surface area contributed by atoms with Crippen LogP contribution < -0.4 is 4.90 Å². The second kappa shape index (κ2) is 13.7. The Hall–Kier alpha value is -7.41. The number of nitrogens with zero attached hydrogens (tertiary/aromatic N) is 4. The Bertz CT molecular complexity index is 3170. The number of para-hydroxylation sites is 1. The monoisotopic (exact) mass is 748 g/mol. The molecule has 57 heavy (non-hydrogen) atoms. The molecule has 0 bridgehead atoms. The van der Waals surface area contributed by atoms with Crippen molar-refractivity contribution in [3.63, 3.8) is 0 Å². The first-order valence-electron chi connectivity index (χ1n) is 18.9. The van der Waals surface area contributed by atoms with Gasteiger partial charge in [0.1, 0.15) is 5.58 Å². The SMILES string of the molecule is c1ccc(-c2ccc(N(c3cccc4c3oc3cc(-c5nc(-c6ccccc6)nc(-c6ccccc6)n5)ccc34)c3cccc4c3sc3ccccc34)cc2)cc1. The lowest BCUT2D eigenvalue weighted by Crippen LogP contribution is -2.10. The van der Waals surface area contributed by atoms with Crippen LogP contribution >= 0.6 is 11.3 Å². The number of furan rings is 1. The standard InChI is InChI=1S/C51H32N4OS/c1-4-14-33(15-5-1)34-26-29-38(30-27-34)55(44-24-13-22-42-40-20-10-11-25-46(40)57-48(42)44)43-23-12-21-41-39-31-28-37(32-45(39)56-47(41)43)51-53-49(35-16-6-2-7-17-35)52-50(54-51)36-18-8-3-9-19-36/h1-32H. The van der Waals surface area contributed by atoms with Crippen molar-refractivity contribution in [1.29, 1.82) is 0 Å². The fraction of sp³-hybridized carbons (Fsp3) is 0. The molecule has 0 saturated heterocycles. The van der Waals surface area contributed by atoms with Crippen LogP contribution in [-0.2, 0) is 0 Å². The van der Waals surface area contributed by atoms with E-state index in [2.05, 4.69) is 138 Å². The Morgan fingerprint density at radius 1 is 0.386 bits per heavy atom. The summed E-state index contributed by atoms with van der Waals surface area (Å²) in [5.74, 6) is 1.83. The lowest BCUT2D eigenvalue weighted by Gasteiger charge is -2.26. The predicted molar refractivity (Wildman–Crippen MR) is 236 cm³/mol. The van der Waals surface area contributed by atoms with E-state index in [0.717, 1.165) is 61.3 Å². The first-order valence-corrected chi connectivity index (χ1v) is 19.8. The lowest BCUT2D eigenvalue weighted by atomic mass is 10.0. The van der Waals surface area contributed by atoms with Gasteiger partial charge in [0.25, 0.3) is 0 Å². The van der Waals surface area contributed by atoms with E-state index < -0.39 is 0 Å². The topological polar surface area (TPSA) is 55.1 Å². The molecule has 0 amide bonds. The fourth-order valence-corrected chi connectivity index (χ4v) is 8.99. The molecule has 0 fully saturated rings. The normalized spacial score (nSPS) is 11.5. The zero-order chi connectivity index (χ0) is 37.7. The number of fused-ring (bicyclic) bond motifs is 6. The number of anilines is 3. The van der Waals surface area contributed by atoms with Gasteiger partial charge < -0.3 is 9.32 Å². The summed E-state index contributed by atoms with van der Waals surface area (Å²) < 4.78 is 9.44. The zero-order valence-corrected chi connectivity index (χ0v) is 31.4. The summed E-state index contributed by atoms with van der Waals surface area (Å²) in [4.78, 5) is 17.2. The molecular weight excluding hydrogens is 717 g/mol. The van der Waals surface area contributed by atoms with E-state index in [1.165, 1.54) is 25.7 Å². The summed E-state index contributed by atoms with van der Waals surface area (Å²) >= 11 is 1.82. The van der Waals surface area contributed by atoms with Crippen molar-refractivity contribution >= 4 is 70.5 Å². The van der Waals surface area contributed by atoms with Crippen LogP contribution in [0.25, 0.3) is 87.4 Å². The van der Waals surface area contributed by atoms with E-state index in [-0.39, 0.29) is 0 Å². The minimum absolute atomic E-state index is 0.585. The van der Waals surface area contributed by atoms with Crippen LogP contribution in [0.4, 0.5) is 17.1 Å². The number of rotatable bonds is 7.